The lowest BCUT2D eigenvalue weighted by Gasteiger charge is -2.04. The number of hydrogen-bond acceptors (Lipinski definition) is 4. The minimum absolute atomic E-state index is 0.0382. The molecule has 31 heavy (non-hydrogen) atoms. The Morgan fingerprint density at radius 2 is 1.65 bits per heavy atom. The molecular weight excluding hydrogens is 390 g/mol. The lowest BCUT2D eigenvalue weighted by molar-refractivity contribution is 0.0995. The second kappa shape index (κ2) is 7.76. The zero-order chi connectivity index (χ0) is 21.2. The summed E-state index contributed by atoms with van der Waals surface area (Å²) in [4.78, 5) is 32.7. The van der Waals surface area contributed by atoms with E-state index in [2.05, 4.69) is 15.3 Å². The minimum atomic E-state index is -0.308. The Morgan fingerprint density at radius 1 is 0.839 bits per heavy atom. The Kier molecular flexibility index (Phi) is 4.65. The largest absolute Gasteiger partial charge is 0.459 e. The van der Waals surface area contributed by atoms with Crippen molar-refractivity contribution in [1.29, 1.82) is 0 Å². The van der Waals surface area contributed by atoms with Crippen molar-refractivity contribution in [2.45, 2.75) is 0 Å². The number of carbonyl (C=O) groups is 2. The summed E-state index contributed by atoms with van der Waals surface area (Å²) >= 11 is 0. The number of rotatable bonds is 5. The minimum Gasteiger partial charge on any atom is -0.459 e. The number of imidazole rings is 1. The molecule has 0 saturated carbocycles. The summed E-state index contributed by atoms with van der Waals surface area (Å²) in [7, 11) is 0. The first kappa shape index (κ1) is 18.6. The van der Waals surface area contributed by atoms with Crippen LogP contribution < -0.4 is 5.32 Å². The van der Waals surface area contributed by atoms with E-state index in [9.17, 15) is 9.59 Å². The molecule has 0 aliphatic heterocycles. The standard InChI is InChI=1S/C25H17N3O3/c29-23(16-5-2-1-3-6-16)18-10-13-20-21(15-18)28-24(27-20)17-8-11-19(12-9-17)26-25(30)22-7-4-14-31-22/h1-15H,(H,26,30)(H,27,28). The number of carbonyl (C=O) groups excluding carboxylic acids is 2. The summed E-state index contributed by atoms with van der Waals surface area (Å²) in [6.45, 7) is 0. The van der Waals surface area contributed by atoms with Crippen LogP contribution in [-0.2, 0) is 0 Å². The third-order valence-electron chi connectivity index (χ3n) is 4.94. The molecule has 0 saturated heterocycles. The molecule has 6 nitrogen and oxygen atoms in total. The van der Waals surface area contributed by atoms with Gasteiger partial charge in [-0.05, 0) is 54.6 Å². The average Bonchev–Trinajstić information content (AvgIpc) is 3.49. The van der Waals surface area contributed by atoms with Crippen LogP contribution in [0.3, 0.4) is 0 Å². The molecule has 3 aromatic carbocycles. The quantitative estimate of drug-likeness (QED) is 0.387. The van der Waals surface area contributed by atoms with Crippen LogP contribution in [0.5, 0.6) is 0 Å². The van der Waals surface area contributed by atoms with E-state index in [0.717, 1.165) is 11.1 Å². The maximum atomic E-state index is 12.7. The van der Waals surface area contributed by atoms with Crippen LogP contribution in [-0.4, -0.2) is 21.7 Å². The van der Waals surface area contributed by atoms with Crippen molar-refractivity contribution in [1.82, 2.24) is 9.97 Å². The highest BCUT2D eigenvalue weighted by molar-refractivity contribution is 6.10. The van der Waals surface area contributed by atoms with Crippen molar-refractivity contribution in [3.05, 3.63) is 108 Å². The normalized spacial score (nSPS) is 10.8. The molecule has 0 unspecified atom stereocenters. The molecule has 0 atom stereocenters. The number of nitrogens with zero attached hydrogens (tertiary/aromatic N) is 1. The molecule has 0 bridgehead atoms. The lowest BCUT2D eigenvalue weighted by Crippen LogP contribution is -2.10. The molecule has 2 N–H and O–H groups in total. The maximum Gasteiger partial charge on any atom is 0.291 e. The molecule has 5 rings (SSSR count). The Labute approximate surface area is 177 Å². The van der Waals surface area contributed by atoms with E-state index >= 15 is 0 Å². The highest BCUT2D eigenvalue weighted by Crippen LogP contribution is 2.24. The molecule has 2 aromatic heterocycles. The Hall–Kier alpha value is -4.45. The summed E-state index contributed by atoms with van der Waals surface area (Å²) in [6.07, 6.45) is 1.46. The van der Waals surface area contributed by atoms with Gasteiger partial charge in [0.1, 0.15) is 5.82 Å². The molecule has 6 heteroatoms. The van der Waals surface area contributed by atoms with Crippen LogP contribution in [0.1, 0.15) is 26.5 Å². The molecule has 0 spiro atoms. The number of nitrogens with one attached hydrogen (secondary N) is 2. The molecule has 0 aliphatic rings. The predicted molar refractivity (Wildman–Crippen MR) is 118 cm³/mol. The SMILES string of the molecule is O=C(c1ccccc1)c1ccc2[nH]c(-c3ccc(NC(=O)c4ccco4)cc3)nc2c1. The first-order valence-corrected chi connectivity index (χ1v) is 9.72. The molecule has 0 fully saturated rings. The number of anilines is 1. The summed E-state index contributed by atoms with van der Waals surface area (Å²) in [5.41, 5.74) is 4.31. The van der Waals surface area contributed by atoms with E-state index < -0.39 is 0 Å². The molecule has 150 valence electrons. The van der Waals surface area contributed by atoms with Crippen molar-refractivity contribution < 1.29 is 14.0 Å². The fourth-order valence-electron chi connectivity index (χ4n) is 3.35. The molecule has 0 aliphatic carbocycles. The van der Waals surface area contributed by atoms with Crippen molar-refractivity contribution in [3.63, 3.8) is 0 Å². The second-order valence-corrected chi connectivity index (χ2v) is 7.02. The van der Waals surface area contributed by atoms with Crippen molar-refractivity contribution >= 4 is 28.4 Å². The predicted octanol–water partition coefficient (Wildman–Crippen LogP) is 5.31. The number of aromatic amines is 1. The fourth-order valence-corrected chi connectivity index (χ4v) is 3.35. The molecule has 2 heterocycles. The smallest absolute Gasteiger partial charge is 0.291 e. The first-order valence-electron chi connectivity index (χ1n) is 9.72. The van der Waals surface area contributed by atoms with Crippen molar-refractivity contribution in [3.8, 4) is 11.4 Å². The van der Waals surface area contributed by atoms with E-state index in [1.807, 2.05) is 36.4 Å². The van der Waals surface area contributed by atoms with Gasteiger partial charge in [0.25, 0.3) is 5.91 Å². The summed E-state index contributed by atoms with van der Waals surface area (Å²) in [5.74, 6) is 0.589. The van der Waals surface area contributed by atoms with Crippen LogP contribution in [0, 0.1) is 0 Å². The summed E-state index contributed by atoms with van der Waals surface area (Å²) < 4.78 is 5.10. The lowest BCUT2D eigenvalue weighted by atomic mass is 10.0. The third-order valence-corrected chi connectivity index (χ3v) is 4.94. The number of hydrogen-bond donors (Lipinski definition) is 2. The summed E-state index contributed by atoms with van der Waals surface area (Å²) in [5, 5.41) is 2.78. The fraction of sp³-hybridized carbons (Fsp3) is 0. The van der Waals surface area contributed by atoms with E-state index in [-0.39, 0.29) is 17.5 Å². The van der Waals surface area contributed by atoms with Crippen LogP contribution >= 0.6 is 0 Å². The average molecular weight is 407 g/mol. The van der Waals surface area contributed by atoms with Crippen LogP contribution in [0.4, 0.5) is 5.69 Å². The Morgan fingerprint density at radius 3 is 2.39 bits per heavy atom. The monoisotopic (exact) mass is 407 g/mol. The van der Waals surface area contributed by atoms with Gasteiger partial charge in [0.15, 0.2) is 11.5 Å². The molecular formula is C25H17N3O3. The van der Waals surface area contributed by atoms with Crippen LogP contribution in [0.15, 0.2) is 95.6 Å². The van der Waals surface area contributed by atoms with E-state index in [1.54, 1.807) is 48.5 Å². The number of H-pyrrole nitrogens is 1. The number of fused-ring (bicyclic) bond motifs is 1. The third kappa shape index (κ3) is 3.74. The zero-order valence-corrected chi connectivity index (χ0v) is 16.3. The summed E-state index contributed by atoms with van der Waals surface area (Å²) in [6, 6.07) is 25.2. The van der Waals surface area contributed by atoms with Gasteiger partial charge >= 0.3 is 0 Å². The van der Waals surface area contributed by atoms with Gasteiger partial charge in [-0.3, -0.25) is 9.59 Å². The van der Waals surface area contributed by atoms with Crippen LogP contribution in [0.25, 0.3) is 22.4 Å². The first-order chi connectivity index (χ1) is 15.2. The van der Waals surface area contributed by atoms with Gasteiger partial charge in [-0.1, -0.05) is 30.3 Å². The van der Waals surface area contributed by atoms with Gasteiger partial charge in [-0.15, -0.1) is 0 Å². The maximum absolute atomic E-state index is 12.7. The van der Waals surface area contributed by atoms with E-state index in [0.29, 0.717) is 28.2 Å². The van der Waals surface area contributed by atoms with Gasteiger partial charge in [0.2, 0.25) is 0 Å². The van der Waals surface area contributed by atoms with E-state index in [4.69, 9.17) is 4.42 Å². The van der Waals surface area contributed by atoms with Gasteiger partial charge in [-0.2, -0.15) is 0 Å². The molecule has 5 aromatic rings. The highest BCUT2D eigenvalue weighted by Gasteiger charge is 2.12. The van der Waals surface area contributed by atoms with Crippen molar-refractivity contribution in [2.24, 2.45) is 0 Å². The van der Waals surface area contributed by atoms with Crippen molar-refractivity contribution in [2.75, 3.05) is 5.32 Å². The van der Waals surface area contributed by atoms with Gasteiger partial charge in [-0.25, -0.2) is 4.98 Å². The Bertz CT molecular complexity index is 1370. The van der Waals surface area contributed by atoms with Gasteiger partial charge in [0, 0.05) is 22.4 Å². The Balaban J connectivity index is 1.38. The topological polar surface area (TPSA) is 88.0 Å². The zero-order valence-electron chi connectivity index (χ0n) is 16.3. The molecule has 0 radical (unpaired) electrons. The number of ketones is 1. The number of furan rings is 1. The number of amides is 1. The van der Waals surface area contributed by atoms with Gasteiger partial charge < -0.3 is 14.7 Å². The highest BCUT2D eigenvalue weighted by atomic mass is 16.3. The van der Waals surface area contributed by atoms with E-state index in [1.165, 1.54) is 6.26 Å². The number of benzene rings is 3. The number of aromatic nitrogens is 2. The second-order valence-electron chi connectivity index (χ2n) is 7.02. The molecule has 1 amide bonds. The van der Waals surface area contributed by atoms with Gasteiger partial charge in [0.05, 0.1) is 17.3 Å². The van der Waals surface area contributed by atoms with Crippen LogP contribution in [0.2, 0.25) is 0 Å².